The Morgan fingerprint density at radius 2 is 1.63 bits per heavy atom. The van der Waals surface area contributed by atoms with Crippen molar-refractivity contribution in [3.8, 4) is 5.75 Å². The number of amides is 2. The molecule has 0 saturated carbocycles. The van der Waals surface area contributed by atoms with Crippen LogP contribution >= 0.6 is 15.9 Å². The molecular formula is C19H21BrN4O3. The molecule has 0 bridgehead atoms. The number of nitrogens with zero attached hydrogens (tertiary/aromatic N) is 2. The first kappa shape index (κ1) is 19.2. The quantitative estimate of drug-likeness (QED) is 0.640. The lowest BCUT2D eigenvalue weighted by molar-refractivity contribution is -0.123. The van der Waals surface area contributed by atoms with E-state index >= 15 is 0 Å². The van der Waals surface area contributed by atoms with Gasteiger partial charge in [-0.15, -0.1) is 0 Å². The Hall–Kier alpha value is -2.58. The van der Waals surface area contributed by atoms with Crippen molar-refractivity contribution in [1.82, 2.24) is 15.8 Å². The molecule has 7 nitrogen and oxygen atoms in total. The molecule has 0 spiro atoms. The van der Waals surface area contributed by atoms with Gasteiger partial charge in [0.05, 0.1) is 12.2 Å². The summed E-state index contributed by atoms with van der Waals surface area (Å²) in [6.45, 7) is 3.03. The highest BCUT2D eigenvalue weighted by atomic mass is 79.9. The van der Waals surface area contributed by atoms with Crippen molar-refractivity contribution in [3.05, 3.63) is 58.6 Å². The molecule has 0 aromatic heterocycles. The van der Waals surface area contributed by atoms with E-state index in [-0.39, 0.29) is 24.1 Å². The predicted molar refractivity (Wildman–Crippen MR) is 107 cm³/mol. The first-order chi connectivity index (χ1) is 13.0. The van der Waals surface area contributed by atoms with Gasteiger partial charge in [-0.25, -0.2) is 0 Å². The number of hydrogen-bond donors (Lipinski definition) is 3. The van der Waals surface area contributed by atoms with Gasteiger partial charge in [-0.2, -0.15) is 0 Å². The summed E-state index contributed by atoms with van der Waals surface area (Å²) in [6.07, 6.45) is 0. The van der Waals surface area contributed by atoms with Gasteiger partial charge in [-0.3, -0.25) is 25.3 Å². The first-order valence-corrected chi connectivity index (χ1v) is 9.42. The highest BCUT2D eigenvalue weighted by Gasteiger charge is 2.20. The standard InChI is InChI=1S/C19H21BrN4O3/c20-15-7-5-14(6-8-15)19(27)22-21-18(26)13-23-9-11-24(12-10-23)16-3-1-2-4-17(16)25/h1-8,25H,9-13H2,(H,21,26)(H,22,27). The Bertz CT molecular complexity index is 805. The summed E-state index contributed by atoms with van der Waals surface area (Å²) in [5, 5.41) is 9.94. The normalized spacial score (nSPS) is 14.6. The third-order valence-corrected chi connectivity index (χ3v) is 4.91. The highest BCUT2D eigenvalue weighted by Crippen LogP contribution is 2.27. The highest BCUT2D eigenvalue weighted by molar-refractivity contribution is 9.10. The maximum absolute atomic E-state index is 12.1. The van der Waals surface area contributed by atoms with Crippen molar-refractivity contribution in [3.63, 3.8) is 0 Å². The van der Waals surface area contributed by atoms with Gasteiger partial charge in [0.1, 0.15) is 5.75 Å². The molecule has 0 radical (unpaired) electrons. The predicted octanol–water partition coefficient (Wildman–Crippen LogP) is 1.74. The smallest absolute Gasteiger partial charge is 0.269 e. The number of para-hydroxylation sites is 2. The third kappa shape index (κ3) is 5.21. The molecule has 1 aliphatic rings. The third-order valence-electron chi connectivity index (χ3n) is 4.38. The van der Waals surface area contributed by atoms with Crippen LogP contribution in [-0.2, 0) is 4.79 Å². The Balaban J connectivity index is 1.42. The van der Waals surface area contributed by atoms with Gasteiger partial charge in [-0.1, -0.05) is 28.1 Å². The second-order valence-electron chi connectivity index (χ2n) is 6.26. The molecule has 3 rings (SSSR count). The minimum atomic E-state index is -0.361. The fraction of sp³-hybridized carbons (Fsp3) is 0.263. The van der Waals surface area contributed by atoms with Crippen molar-refractivity contribution < 1.29 is 14.7 Å². The molecular weight excluding hydrogens is 412 g/mol. The molecule has 142 valence electrons. The summed E-state index contributed by atoms with van der Waals surface area (Å²) >= 11 is 3.31. The zero-order valence-electron chi connectivity index (χ0n) is 14.7. The number of carbonyl (C=O) groups excluding carboxylic acids is 2. The molecule has 0 atom stereocenters. The Morgan fingerprint density at radius 1 is 0.963 bits per heavy atom. The number of hydrazine groups is 1. The summed E-state index contributed by atoms with van der Waals surface area (Å²) in [5.41, 5.74) is 6.15. The van der Waals surface area contributed by atoms with E-state index in [4.69, 9.17) is 0 Å². The molecule has 2 amide bonds. The molecule has 1 aliphatic heterocycles. The number of carbonyl (C=O) groups is 2. The average molecular weight is 433 g/mol. The number of aromatic hydroxyl groups is 1. The van der Waals surface area contributed by atoms with Crippen molar-refractivity contribution in [2.45, 2.75) is 0 Å². The van der Waals surface area contributed by atoms with Gasteiger partial charge in [-0.05, 0) is 36.4 Å². The van der Waals surface area contributed by atoms with Crippen molar-refractivity contribution >= 4 is 33.4 Å². The van der Waals surface area contributed by atoms with E-state index in [1.54, 1.807) is 36.4 Å². The van der Waals surface area contributed by atoms with Gasteiger partial charge in [0.2, 0.25) is 0 Å². The van der Waals surface area contributed by atoms with E-state index in [2.05, 4.69) is 31.7 Å². The van der Waals surface area contributed by atoms with Crippen LogP contribution in [0.25, 0.3) is 0 Å². The zero-order chi connectivity index (χ0) is 19.2. The number of phenolic OH excluding ortho intramolecular Hbond substituents is 1. The van der Waals surface area contributed by atoms with Crippen LogP contribution in [0.1, 0.15) is 10.4 Å². The maximum atomic E-state index is 12.1. The van der Waals surface area contributed by atoms with Crippen molar-refractivity contribution in [1.29, 1.82) is 0 Å². The summed E-state index contributed by atoms with van der Waals surface area (Å²) < 4.78 is 0.881. The Labute approximate surface area is 166 Å². The van der Waals surface area contributed by atoms with Crippen LogP contribution in [0.5, 0.6) is 5.75 Å². The SMILES string of the molecule is O=C(CN1CCN(c2ccccc2O)CC1)NNC(=O)c1ccc(Br)cc1. The van der Waals surface area contributed by atoms with Gasteiger partial charge in [0.25, 0.3) is 11.8 Å². The van der Waals surface area contributed by atoms with E-state index in [1.165, 1.54) is 0 Å². The molecule has 3 N–H and O–H groups in total. The van der Waals surface area contributed by atoms with Crippen molar-refractivity contribution in [2.75, 3.05) is 37.6 Å². The lowest BCUT2D eigenvalue weighted by Gasteiger charge is -2.35. The largest absolute Gasteiger partial charge is 0.506 e. The molecule has 1 saturated heterocycles. The monoisotopic (exact) mass is 432 g/mol. The van der Waals surface area contributed by atoms with E-state index in [9.17, 15) is 14.7 Å². The van der Waals surface area contributed by atoms with Crippen LogP contribution in [0.4, 0.5) is 5.69 Å². The van der Waals surface area contributed by atoms with E-state index in [1.807, 2.05) is 17.0 Å². The van der Waals surface area contributed by atoms with Crippen molar-refractivity contribution in [2.24, 2.45) is 0 Å². The van der Waals surface area contributed by atoms with Crippen LogP contribution < -0.4 is 15.8 Å². The average Bonchev–Trinajstić information content (AvgIpc) is 2.68. The second kappa shape index (κ2) is 8.88. The minimum absolute atomic E-state index is 0.204. The number of halogens is 1. The molecule has 27 heavy (non-hydrogen) atoms. The van der Waals surface area contributed by atoms with Gasteiger partial charge in [0, 0.05) is 36.2 Å². The fourth-order valence-corrected chi connectivity index (χ4v) is 3.19. The van der Waals surface area contributed by atoms with Gasteiger partial charge >= 0.3 is 0 Å². The Morgan fingerprint density at radius 3 is 2.30 bits per heavy atom. The first-order valence-electron chi connectivity index (χ1n) is 8.63. The number of piperazine rings is 1. The van der Waals surface area contributed by atoms with E-state index in [0.29, 0.717) is 18.7 Å². The lowest BCUT2D eigenvalue weighted by atomic mass is 10.2. The van der Waals surface area contributed by atoms with Crippen LogP contribution in [0.2, 0.25) is 0 Å². The lowest BCUT2D eigenvalue weighted by Crippen LogP contribution is -2.52. The molecule has 2 aromatic carbocycles. The van der Waals surface area contributed by atoms with Crippen LogP contribution in [-0.4, -0.2) is 54.5 Å². The van der Waals surface area contributed by atoms with Gasteiger partial charge < -0.3 is 10.0 Å². The summed E-state index contributed by atoms with van der Waals surface area (Å²) in [5.74, 6) is -0.365. The summed E-state index contributed by atoms with van der Waals surface area (Å²) in [7, 11) is 0. The number of phenols is 1. The van der Waals surface area contributed by atoms with Crippen LogP contribution in [0.15, 0.2) is 53.0 Å². The van der Waals surface area contributed by atoms with Crippen LogP contribution in [0, 0.1) is 0 Å². The molecule has 1 heterocycles. The molecule has 2 aromatic rings. The number of hydrogen-bond acceptors (Lipinski definition) is 5. The minimum Gasteiger partial charge on any atom is -0.506 e. The number of benzene rings is 2. The van der Waals surface area contributed by atoms with Gasteiger partial charge in [0.15, 0.2) is 0 Å². The second-order valence-corrected chi connectivity index (χ2v) is 7.18. The molecule has 8 heteroatoms. The zero-order valence-corrected chi connectivity index (χ0v) is 16.3. The number of rotatable bonds is 4. The van der Waals surface area contributed by atoms with E-state index < -0.39 is 0 Å². The number of anilines is 1. The van der Waals surface area contributed by atoms with Crippen LogP contribution in [0.3, 0.4) is 0 Å². The topological polar surface area (TPSA) is 84.9 Å². The summed E-state index contributed by atoms with van der Waals surface area (Å²) in [4.78, 5) is 28.2. The summed E-state index contributed by atoms with van der Waals surface area (Å²) in [6, 6.07) is 14.1. The van der Waals surface area contributed by atoms with E-state index in [0.717, 1.165) is 23.2 Å². The Kier molecular flexibility index (Phi) is 6.31. The molecule has 0 unspecified atom stereocenters. The molecule has 1 fully saturated rings. The maximum Gasteiger partial charge on any atom is 0.269 e. The molecule has 0 aliphatic carbocycles. The fourth-order valence-electron chi connectivity index (χ4n) is 2.92. The number of nitrogens with one attached hydrogen (secondary N) is 2.